The molecule has 0 unspecified atom stereocenters. The molecule has 0 saturated carbocycles. The highest BCUT2D eigenvalue weighted by atomic mass is 16.5. The monoisotopic (exact) mass is 403 g/mol. The summed E-state index contributed by atoms with van der Waals surface area (Å²) in [6.07, 6.45) is 8.41. The molecule has 152 valence electrons. The maximum Gasteiger partial charge on any atom is 0.277 e. The number of carbonyl (C=O) groups is 1. The number of amides is 1. The van der Waals surface area contributed by atoms with Gasteiger partial charge < -0.3 is 14.2 Å². The number of terminal acetylenes is 1. The lowest BCUT2D eigenvalue weighted by Crippen LogP contribution is -2.24. The Morgan fingerprint density at radius 1 is 1.13 bits per heavy atom. The molecule has 0 spiro atoms. The molecule has 1 heterocycles. The first kappa shape index (κ1) is 20.7. The van der Waals surface area contributed by atoms with Crippen LogP contribution < -0.4 is 19.6 Å². The number of nitrogens with zero attached hydrogens (tertiary/aromatic N) is 2. The van der Waals surface area contributed by atoms with Crippen molar-refractivity contribution < 1.29 is 19.0 Å². The molecule has 1 aromatic heterocycles. The Bertz CT molecular complexity index is 1080. The van der Waals surface area contributed by atoms with E-state index in [0.29, 0.717) is 29.4 Å². The zero-order chi connectivity index (χ0) is 21.2. The lowest BCUT2D eigenvalue weighted by molar-refractivity contribution is -0.123. The van der Waals surface area contributed by atoms with Gasteiger partial charge in [-0.15, -0.1) is 6.42 Å². The van der Waals surface area contributed by atoms with Crippen LogP contribution in [0.5, 0.6) is 17.2 Å². The molecule has 0 aliphatic carbocycles. The van der Waals surface area contributed by atoms with E-state index in [1.807, 2.05) is 31.2 Å². The number of hydrogen-bond donors (Lipinski definition) is 1. The minimum absolute atomic E-state index is 0.149. The smallest absolute Gasteiger partial charge is 0.277 e. The fourth-order valence-electron chi connectivity index (χ4n) is 2.66. The van der Waals surface area contributed by atoms with E-state index in [9.17, 15) is 4.79 Å². The first-order chi connectivity index (χ1) is 14.7. The van der Waals surface area contributed by atoms with Crippen molar-refractivity contribution in [3.63, 3.8) is 0 Å². The van der Waals surface area contributed by atoms with E-state index >= 15 is 0 Å². The summed E-state index contributed by atoms with van der Waals surface area (Å²) in [7, 11) is 0. The number of hydrazone groups is 1. The van der Waals surface area contributed by atoms with Gasteiger partial charge in [-0.1, -0.05) is 24.1 Å². The largest absolute Gasteiger partial charge is 0.490 e. The fourth-order valence-corrected chi connectivity index (χ4v) is 2.66. The molecule has 0 saturated heterocycles. The molecule has 0 fully saturated rings. The van der Waals surface area contributed by atoms with Crippen LogP contribution in [0.4, 0.5) is 0 Å². The van der Waals surface area contributed by atoms with Crippen molar-refractivity contribution in [3.8, 4) is 29.6 Å². The molecule has 0 atom stereocenters. The predicted octanol–water partition coefficient (Wildman–Crippen LogP) is 3.17. The van der Waals surface area contributed by atoms with Crippen LogP contribution in [-0.4, -0.2) is 36.9 Å². The highest BCUT2D eigenvalue weighted by Crippen LogP contribution is 2.28. The Labute approximate surface area is 174 Å². The van der Waals surface area contributed by atoms with Gasteiger partial charge in [0, 0.05) is 11.6 Å². The van der Waals surface area contributed by atoms with E-state index < -0.39 is 5.91 Å². The zero-order valence-electron chi connectivity index (χ0n) is 16.5. The quantitative estimate of drug-likeness (QED) is 0.337. The van der Waals surface area contributed by atoms with Gasteiger partial charge in [0.2, 0.25) is 0 Å². The Balaban J connectivity index is 1.57. The third-order valence-corrected chi connectivity index (χ3v) is 3.94. The number of nitrogens with one attached hydrogen (secondary N) is 1. The van der Waals surface area contributed by atoms with Gasteiger partial charge in [0.1, 0.15) is 17.9 Å². The van der Waals surface area contributed by atoms with Gasteiger partial charge >= 0.3 is 0 Å². The Hall–Kier alpha value is -4.05. The minimum atomic E-state index is -0.391. The van der Waals surface area contributed by atoms with Crippen LogP contribution in [0.25, 0.3) is 10.9 Å². The molecule has 30 heavy (non-hydrogen) atoms. The van der Waals surface area contributed by atoms with E-state index in [2.05, 4.69) is 21.4 Å². The van der Waals surface area contributed by atoms with E-state index in [0.717, 1.165) is 10.9 Å². The maximum absolute atomic E-state index is 12.1. The highest BCUT2D eigenvalue weighted by Gasteiger charge is 2.07. The van der Waals surface area contributed by atoms with Crippen molar-refractivity contribution in [2.75, 3.05) is 19.8 Å². The standard InChI is InChI=1S/C23H21N3O4/c1-3-13-29-19-11-10-17(14-21(19)28-4-2)15-25-26-22(27)16-30-20-9-5-7-18-8-6-12-24-23(18)20/h1,5-12,14-15H,4,13,16H2,2H3,(H,26,27)/b25-15+. The molecule has 0 radical (unpaired) electrons. The van der Waals surface area contributed by atoms with Crippen molar-refractivity contribution in [1.82, 2.24) is 10.4 Å². The molecule has 7 nitrogen and oxygen atoms in total. The molecule has 3 rings (SSSR count). The number of benzene rings is 2. The molecule has 0 bridgehead atoms. The van der Waals surface area contributed by atoms with Crippen molar-refractivity contribution in [1.29, 1.82) is 0 Å². The minimum Gasteiger partial charge on any atom is -0.490 e. The van der Waals surface area contributed by atoms with Gasteiger partial charge in [0.25, 0.3) is 5.91 Å². The van der Waals surface area contributed by atoms with Crippen LogP contribution in [0.3, 0.4) is 0 Å². The summed E-state index contributed by atoms with van der Waals surface area (Å²) in [4.78, 5) is 16.3. The molecule has 1 N–H and O–H groups in total. The average Bonchev–Trinajstić information content (AvgIpc) is 2.77. The fraction of sp³-hybridized carbons (Fsp3) is 0.174. The number of para-hydroxylation sites is 1. The van der Waals surface area contributed by atoms with Crippen LogP contribution in [0.15, 0.2) is 59.8 Å². The molecule has 3 aromatic rings. The van der Waals surface area contributed by atoms with E-state index in [-0.39, 0.29) is 13.2 Å². The van der Waals surface area contributed by atoms with Crippen LogP contribution >= 0.6 is 0 Å². The molecular formula is C23H21N3O4. The normalized spacial score (nSPS) is 10.5. The lowest BCUT2D eigenvalue weighted by Gasteiger charge is -2.10. The second kappa shape index (κ2) is 10.5. The number of pyridine rings is 1. The van der Waals surface area contributed by atoms with Crippen LogP contribution in [0.2, 0.25) is 0 Å². The Kier molecular flexibility index (Phi) is 7.23. The summed E-state index contributed by atoms with van der Waals surface area (Å²) in [5.41, 5.74) is 3.86. The number of ether oxygens (including phenoxy) is 3. The van der Waals surface area contributed by atoms with Gasteiger partial charge in [-0.05, 0) is 42.8 Å². The lowest BCUT2D eigenvalue weighted by atomic mass is 10.2. The van der Waals surface area contributed by atoms with Crippen LogP contribution in [0, 0.1) is 12.3 Å². The summed E-state index contributed by atoms with van der Waals surface area (Å²) in [5.74, 6) is 3.66. The highest BCUT2D eigenvalue weighted by molar-refractivity contribution is 5.86. The van der Waals surface area contributed by atoms with Gasteiger partial charge in [0.15, 0.2) is 18.1 Å². The van der Waals surface area contributed by atoms with Gasteiger partial charge in [-0.2, -0.15) is 5.10 Å². The van der Waals surface area contributed by atoms with Crippen LogP contribution in [0.1, 0.15) is 12.5 Å². The number of aromatic nitrogens is 1. The predicted molar refractivity (Wildman–Crippen MR) is 115 cm³/mol. The molecule has 7 heteroatoms. The van der Waals surface area contributed by atoms with Crippen LogP contribution in [-0.2, 0) is 4.79 Å². The molecule has 1 amide bonds. The van der Waals surface area contributed by atoms with E-state index in [4.69, 9.17) is 20.6 Å². The topological polar surface area (TPSA) is 82.0 Å². The summed E-state index contributed by atoms with van der Waals surface area (Å²) in [6.45, 7) is 2.31. The van der Waals surface area contributed by atoms with Gasteiger partial charge in [-0.25, -0.2) is 5.43 Å². The third kappa shape index (κ3) is 5.49. The summed E-state index contributed by atoms with van der Waals surface area (Å²) in [5, 5.41) is 4.90. The molecule has 2 aromatic carbocycles. The van der Waals surface area contributed by atoms with Crippen molar-refractivity contribution in [2.24, 2.45) is 5.10 Å². The van der Waals surface area contributed by atoms with E-state index in [1.165, 1.54) is 6.21 Å². The molecule has 0 aliphatic heterocycles. The number of carbonyl (C=O) groups excluding carboxylic acids is 1. The second-order valence-electron chi connectivity index (χ2n) is 6.05. The zero-order valence-corrected chi connectivity index (χ0v) is 16.5. The summed E-state index contributed by atoms with van der Waals surface area (Å²) >= 11 is 0. The SMILES string of the molecule is C#CCOc1ccc(/C=N/NC(=O)COc2cccc3cccnc23)cc1OCC. The van der Waals surface area contributed by atoms with Crippen molar-refractivity contribution >= 4 is 23.0 Å². The van der Waals surface area contributed by atoms with Crippen molar-refractivity contribution in [2.45, 2.75) is 6.92 Å². The van der Waals surface area contributed by atoms with E-state index in [1.54, 1.807) is 30.5 Å². The number of rotatable bonds is 9. The average molecular weight is 403 g/mol. The Morgan fingerprint density at radius 3 is 2.83 bits per heavy atom. The summed E-state index contributed by atoms with van der Waals surface area (Å²) in [6, 6.07) is 14.6. The summed E-state index contributed by atoms with van der Waals surface area (Å²) < 4.78 is 16.6. The Morgan fingerprint density at radius 2 is 2.00 bits per heavy atom. The molecule has 0 aliphatic rings. The number of hydrogen-bond acceptors (Lipinski definition) is 6. The maximum atomic E-state index is 12.1. The molecular weight excluding hydrogens is 382 g/mol. The van der Waals surface area contributed by atoms with Crippen molar-refractivity contribution in [3.05, 3.63) is 60.3 Å². The van der Waals surface area contributed by atoms with Gasteiger partial charge in [-0.3, -0.25) is 9.78 Å². The number of fused-ring (bicyclic) bond motifs is 1. The van der Waals surface area contributed by atoms with Gasteiger partial charge in [0.05, 0.1) is 12.8 Å². The second-order valence-corrected chi connectivity index (χ2v) is 6.05. The third-order valence-electron chi connectivity index (χ3n) is 3.94. The first-order valence-electron chi connectivity index (χ1n) is 9.33. The first-order valence-corrected chi connectivity index (χ1v) is 9.33.